The van der Waals surface area contributed by atoms with Crippen molar-refractivity contribution in [2.24, 2.45) is 0 Å². The van der Waals surface area contributed by atoms with Gasteiger partial charge in [-0.2, -0.15) is 0 Å². The standard InChI is InChI=1S/C13H9ClF3NS/c14-9-2-1-7(3-10(9)15)6-19-13-11(16)4-8(18)5-12(13)17/h1-5H,6,18H2. The first-order chi connectivity index (χ1) is 8.97. The maximum Gasteiger partial charge on any atom is 0.142 e. The number of thioether (sulfide) groups is 1. The smallest absolute Gasteiger partial charge is 0.142 e. The molecule has 0 unspecified atom stereocenters. The topological polar surface area (TPSA) is 26.0 Å². The molecule has 2 rings (SSSR count). The van der Waals surface area contributed by atoms with Gasteiger partial charge in [0, 0.05) is 11.4 Å². The fourth-order valence-electron chi connectivity index (χ4n) is 1.50. The summed E-state index contributed by atoms with van der Waals surface area (Å²) in [6.07, 6.45) is 0. The summed E-state index contributed by atoms with van der Waals surface area (Å²) >= 11 is 6.48. The first kappa shape index (κ1) is 14.1. The van der Waals surface area contributed by atoms with Crippen molar-refractivity contribution in [1.29, 1.82) is 0 Å². The van der Waals surface area contributed by atoms with Gasteiger partial charge in [0.1, 0.15) is 17.5 Å². The normalized spacial score (nSPS) is 10.7. The predicted molar refractivity (Wildman–Crippen MR) is 71.7 cm³/mol. The molecule has 0 aromatic heterocycles. The van der Waals surface area contributed by atoms with Crippen LogP contribution in [0.4, 0.5) is 18.9 Å². The summed E-state index contributed by atoms with van der Waals surface area (Å²) < 4.78 is 40.3. The molecule has 0 saturated carbocycles. The molecule has 0 aliphatic heterocycles. The number of hydrogen-bond acceptors (Lipinski definition) is 2. The zero-order chi connectivity index (χ0) is 14.0. The van der Waals surface area contributed by atoms with Crippen LogP contribution in [0, 0.1) is 17.5 Å². The van der Waals surface area contributed by atoms with E-state index in [1.165, 1.54) is 12.1 Å². The van der Waals surface area contributed by atoms with Crippen LogP contribution in [0.2, 0.25) is 5.02 Å². The van der Waals surface area contributed by atoms with Gasteiger partial charge in [-0.15, -0.1) is 11.8 Å². The second kappa shape index (κ2) is 5.75. The summed E-state index contributed by atoms with van der Waals surface area (Å²) in [5.74, 6) is -1.78. The molecule has 0 bridgehead atoms. The molecule has 0 fully saturated rings. The Kier molecular flexibility index (Phi) is 4.27. The van der Waals surface area contributed by atoms with Crippen molar-refractivity contribution >= 4 is 29.1 Å². The molecule has 2 N–H and O–H groups in total. The highest BCUT2D eigenvalue weighted by molar-refractivity contribution is 7.98. The van der Waals surface area contributed by atoms with E-state index < -0.39 is 17.5 Å². The van der Waals surface area contributed by atoms with E-state index in [0.29, 0.717) is 5.56 Å². The lowest BCUT2D eigenvalue weighted by Gasteiger charge is -2.06. The number of anilines is 1. The summed E-state index contributed by atoms with van der Waals surface area (Å²) in [6, 6.07) is 6.35. The summed E-state index contributed by atoms with van der Waals surface area (Å²) in [7, 11) is 0. The van der Waals surface area contributed by atoms with E-state index in [9.17, 15) is 13.2 Å². The lowest BCUT2D eigenvalue weighted by Crippen LogP contribution is -1.94. The van der Waals surface area contributed by atoms with E-state index >= 15 is 0 Å². The molecular weight excluding hydrogens is 295 g/mol. The van der Waals surface area contributed by atoms with Gasteiger partial charge in [0.15, 0.2) is 0 Å². The Balaban J connectivity index is 2.16. The van der Waals surface area contributed by atoms with Gasteiger partial charge in [-0.05, 0) is 29.8 Å². The van der Waals surface area contributed by atoms with Crippen LogP contribution in [0.1, 0.15) is 5.56 Å². The Morgan fingerprint density at radius 1 is 1.00 bits per heavy atom. The minimum Gasteiger partial charge on any atom is -0.399 e. The summed E-state index contributed by atoms with van der Waals surface area (Å²) in [5, 5.41) is 0.0126. The molecule has 6 heteroatoms. The quantitative estimate of drug-likeness (QED) is 0.661. The highest BCUT2D eigenvalue weighted by Crippen LogP contribution is 2.30. The molecule has 1 nitrogen and oxygen atoms in total. The predicted octanol–water partition coefficient (Wildman–Crippen LogP) is 4.63. The second-order valence-corrected chi connectivity index (χ2v) is 5.24. The van der Waals surface area contributed by atoms with Crippen molar-refractivity contribution < 1.29 is 13.2 Å². The van der Waals surface area contributed by atoms with E-state index in [4.69, 9.17) is 17.3 Å². The van der Waals surface area contributed by atoms with Gasteiger partial charge in [-0.3, -0.25) is 0 Å². The van der Waals surface area contributed by atoms with Crippen LogP contribution in [0.25, 0.3) is 0 Å². The SMILES string of the molecule is Nc1cc(F)c(SCc2ccc(Cl)c(F)c2)c(F)c1. The minimum atomic E-state index is -0.725. The third-order valence-corrected chi connectivity index (χ3v) is 3.85. The minimum absolute atomic E-state index is 0.0126. The first-order valence-electron chi connectivity index (χ1n) is 5.28. The van der Waals surface area contributed by atoms with Crippen molar-refractivity contribution in [2.45, 2.75) is 10.6 Å². The molecule has 0 saturated heterocycles. The van der Waals surface area contributed by atoms with Crippen LogP contribution >= 0.6 is 23.4 Å². The molecule has 0 aliphatic rings. The summed E-state index contributed by atoms with van der Waals surface area (Å²) in [5.41, 5.74) is 5.93. The molecule has 0 atom stereocenters. The lowest BCUT2D eigenvalue weighted by atomic mass is 10.2. The van der Waals surface area contributed by atoms with Gasteiger partial charge in [0.05, 0.1) is 9.92 Å². The molecule has 2 aromatic rings. The molecule has 100 valence electrons. The van der Waals surface area contributed by atoms with Crippen molar-refractivity contribution in [2.75, 3.05) is 5.73 Å². The number of hydrogen-bond donors (Lipinski definition) is 1. The van der Waals surface area contributed by atoms with Crippen molar-refractivity contribution in [3.05, 3.63) is 58.4 Å². The molecule has 0 amide bonds. The van der Waals surface area contributed by atoms with Crippen molar-refractivity contribution in [3.63, 3.8) is 0 Å². The average Bonchev–Trinajstić information content (AvgIpc) is 2.32. The molecule has 0 aliphatic carbocycles. The molecule has 0 spiro atoms. The Morgan fingerprint density at radius 2 is 1.63 bits per heavy atom. The maximum absolute atomic E-state index is 13.5. The highest BCUT2D eigenvalue weighted by atomic mass is 35.5. The Bertz CT molecular complexity index is 596. The van der Waals surface area contributed by atoms with Gasteiger partial charge < -0.3 is 5.73 Å². The number of nitrogens with two attached hydrogens (primary N) is 1. The Hall–Kier alpha value is -1.33. The van der Waals surface area contributed by atoms with E-state index in [2.05, 4.69) is 0 Å². The largest absolute Gasteiger partial charge is 0.399 e. The van der Waals surface area contributed by atoms with Crippen molar-refractivity contribution in [3.8, 4) is 0 Å². The van der Waals surface area contributed by atoms with E-state index in [1.54, 1.807) is 6.07 Å². The zero-order valence-corrected chi connectivity index (χ0v) is 11.2. The van der Waals surface area contributed by atoms with Crippen LogP contribution in [-0.2, 0) is 5.75 Å². The molecule has 19 heavy (non-hydrogen) atoms. The van der Waals surface area contributed by atoms with Gasteiger partial charge >= 0.3 is 0 Å². The van der Waals surface area contributed by atoms with Crippen LogP contribution in [-0.4, -0.2) is 0 Å². The average molecular weight is 304 g/mol. The Morgan fingerprint density at radius 3 is 2.21 bits per heavy atom. The maximum atomic E-state index is 13.5. The number of halogens is 4. The number of benzene rings is 2. The van der Waals surface area contributed by atoms with E-state index in [1.807, 2.05) is 0 Å². The summed E-state index contributed by atoms with van der Waals surface area (Å²) in [6.45, 7) is 0. The third kappa shape index (κ3) is 3.36. The zero-order valence-electron chi connectivity index (χ0n) is 9.59. The molecular formula is C13H9ClF3NS. The fourth-order valence-corrected chi connectivity index (χ4v) is 2.50. The van der Waals surface area contributed by atoms with Crippen LogP contribution < -0.4 is 5.73 Å². The Labute approximate surface area is 117 Å². The second-order valence-electron chi connectivity index (χ2n) is 3.85. The number of nitrogen functional groups attached to an aromatic ring is 1. The fraction of sp³-hybridized carbons (Fsp3) is 0.0769. The van der Waals surface area contributed by atoms with Crippen LogP contribution in [0.15, 0.2) is 35.2 Å². The first-order valence-corrected chi connectivity index (χ1v) is 6.65. The van der Waals surface area contributed by atoms with Crippen LogP contribution in [0.5, 0.6) is 0 Å². The molecule has 2 aromatic carbocycles. The molecule has 0 radical (unpaired) electrons. The van der Waals surface area contributed by atoms with Crippen molar-refractivity contribution in [1.82, 2.24) is 0 Å². The highest BCUT2D eigenvalue weighted by Gasteiger charge is 2.11. The van der Waals surface area contributed by atoms with Crippen LogP contribution in [0.3, 0.4) is 0 Å². The van der Waals surface area contributed by atoms with E-state index in [-0.39, 0.29) is 21.4 Å². The third-order valence-electron chi connectivity index (χ3n) is 2.39. The van der Waals surface area contributed by atoms with Gasteiger partial charge in [-0.1, -0.05) is 17.7 Å². The number of rotatable bonds is 3. The molecule has 0 heterocycles. The van der Waals surface area contributed by atoms with E-state index in [0.717, 1.165) is 23.9 Å². The lowest BCUT2D eigenvalue weighted by molar-refractivity contribution is 0.542. The monoisotopic (exact) mass is 303 g/mol. The van der Waals surface area contributed by atoms with Gasteiger partial charge in [0.25, 0.3) is 0 Å². The van der Waals surface area contributed by atoms with Gasteiger partial charge in [0.2, 0.25) is 0 Å². The van der Waals surface area contributed by atoms with Gasteiger partial charge in [-0.25, -0.2) is 13.2 Å². The summed E-state index contributed by atoms with van der Waals surface area (Å²) in [4.78, 5) is -0.135.